The van der Waals surface area contributed by atoms with Gasteiger partial charge in [-0.2, -0.15) is 4.98 Å². The van der Waals surface area contributed by atoms with E-state index in [4.69, 9.17) is 15.6 Å². The molecule has 20 heavy (non-hydrogen) atoms. The zero-order valence-electron chi connectivity index (χ0n) is 10.8. The molecule has 108 valence electrons. The molecule has 9 nitrogen and oxygen atoms in total. The summed E-state index contributed by atoms with van der Waals surface area (Å²) in [5, 5.41) is 18.8. The van der Waals surface area contributed by atoms with Gasteiger partial charge in [-0.15, -0.1) is 0 Å². The molecular formula is C11H15N5O4. The quantitative estimate of drug-likeness (QED) is 0.601. The van der Waals surface area contributed by atoms with Crippen molar-refractivity contribution in [2.24, 2.45) is 7.05 Å². The Morgan fingerprint density at radius 1 is 1.60 bits per heavy atom. The molecule has 1 aliphatic rings. The number of nitrogen functional groups attached to an aromatic ring is 1. The second kappa shape index (κ2) is 4.54. The number of nitrogens with two attached hydrogens (primary N) is 1. The number of nitrogens with zero attached hydrogens (tertiary/aromatic N) is 4. The first-order valence-corrected chi connectivity index (χ1v) is 6.16. The van der Waals surface area contributed by atoms with Crippen molar-refractivity contribution in [3.8, 4) is 0 Å². The molecule has 0 spiro atoms. The predicted octanol–water partition coefficient (Wildman–Crippen LogP) is -1.65. The molecule has 0 bridgehead atoms. The Morgan fingerprint density at radius 3 is 3.00 bits per heavy atom. The van der Waals surface area contributed by atoms with Gasteiger partial charge >= 0.3 is 0 Å². The van der Waals surface area contributed by atoms with Crippen LogP contribution >= 0.6 is 0 Å². The molecule has 0 radical (unpaired) electrons. The number of aliphatic hydroxyl groups excluding tert-OH is 2. The van der Waals surface area contributed by atoms with Gasteiger partial charge in [0, 0.05) is 13.5 Å². The Morgan fingerprint density at radius 2 is 2.35 bits per heavy atom. The van der Waals surface area contributed by atoms with Crippen LogP contribution < -0.4 is 11.3 Å². The lowest BCUT2D eigenvalue weighted by Crippen LogP contribution is -2.24. The maximum atomic E-state index is 12.0. The third-order valence-corrected chi connectivity index (χ3v) is 3.53. The van der Waals surface area contributed by atoms with Crippen LogP contribution in [-0.4, -0.2) is 48.1 Å². The SMILES string of the molecule is Cn1c(N)nc2c(ncn2[C@@H]2C[C@H](O)[C@H](CO)O2)c1=O. The van der Waals surface area contributed by atoms with Crippen molar-refractivity contribution < 1.29 is 14.9 Å². The van der Waals surface area contributed by atoms with E-state index in [2.05, 4.69) is 9.97 Å². The Kier molecular flexibility index (Phi) is 2.96. The molecule has 0 aliphatic carbocycles. The van der Waals surface area contributed by atoms with Gasteiger partial charge in [0.05, 0.1) is 19.0 Å². The molecule has 0 amide bonds. The highest BCUT2D eigenvalue weighted by Crippen LogP contribution is 2.30. The number of hydrogen-bond acceptors (Lipinski definition) is 7. The molecule has 3 atom stereocenters. The van der Waals surface area contributed by atoms with E-state index < -0.39 is 18.4 Å². The van der Waals surface area contributed by atoms with Gasteiger partial charge in [0.25, 0.3) is 5.56 Å². The Balaban J connectivity index is 2.08. The molecule has 1 saturated heterocycles. The summed E-state index contributed by atoms with van der Waals surface area (Å²) in [4.78, 5) is 20.2. The van der Waals surface area contributed by atoms with Crippen LogP contribution in [0.5, 0.6) is 0 Å². The molecule has 3 rings (SSSR count). The van der Waals surface area contributed by atoms with Crippen LogP contribution in [0.3, 0.4) is 0 Å². The molecule has 9 heteroatoms. The largest absolute Gasteiger partial charge is 0.394 e. The summed E-state index contributed by atoms with van der Waals surface area (Å²) in [7, 11) is 1.51. The zero-order chi connectivity index (χ0) is 14.4. The molecule has 4 N–H and O–H groups in total. The summed E-state index contributed by atoms with van der Waals surface area (Å²) in [5.74, 6) is 0.0708. The summed E-state index contributed by atoms with van der Waals surface area (Å²) in [6, 6.07) is 0. The summed E-state index contributed by atoms with van der Waals surface area (Å²) in [6.45, 7) is -0.276. The minimum absolute atomic E-state index is 0.0708. The van der Waals surface area contributed by atoms with Gasteiger partial charge in [-0.3, -0.25) is 13.9 Å². The topological polar surface area (TPSA) is 128 Å². The van der Waals surface area contributed by atoms with Crippen LogP contribution in [0.4, 0.5) is 5.95 Å². The number of aromatic nitrogens is 4. The highest BCUT2D eigenvalue weighted by atomic mass is 16.5. The molecule has 0 saturated carbocycles. The van der Waals surface area contributed by atoms with Gasteiger partial charge in [-0.05, 0) is 0 Å². The number of anilines is 1. The molecule has 2 aromatic heterocycles. The third-order valence-electron chi connectivity index (χ3n) is 3.53. The molecule has 1 aliphatic heterocycles. The number of fused-ring (bicyclic) bond motifs is 1. The molecule has 0 unspecified atom stereocenters. The summed E-state index contributed by atoms with van der Waals surface area (Å²) in [6.07, 6.45) is -0.248. The van der Waals surface area contributed by atoms with Gasteiger partial charge in [0.2, 0.25) is 5.95 Å². The van der Waals surface area contributed by atoms with Crippen LogP contribution in [0, 0.1) is 0 Å². The molecule has 3 heterocycles. The van der Waals surface area contributed by atoms with Crippen LogP contribution in [0.2, 0.25) is 0 Å². The van der Waals surface area contributed by atoms with E-state index in [0.717, 1.165) is 0 Å². The molecule has 1 fully saturated rings. The predicted molar refractivity (Wildman–Crippen MR) is 68.8 cm³/mol. The van der Waals surface area contributed by atoms with E-state index in [1.165, 1.54) is 17.9 Å². The van der Waals surface area contributed by atoms with Gasteiger partial charge < -0.3 is 20.7 Å². The Labute approximate surface area is 113 Å². The lowest BCUT2D eigenvalue weighted by molar-refractivity contribution is -0.0432. The maximum Gasteiger partial charge on any atom is 0.282 e. The normalized spacial score (nSPS) is 26.4. The minimum Gasteiger partial charge on any atom is -0.394 e. The Hall–Kier alpha value is -1.97. The van der Waals surface area contributed by atoms with Crippen molar-refractivity contribution in [1.29, 1.82) is 0 Å². The average molecular weight is 281 g/mol. The first-order valence-electron chi connectivity index (χ1n) is 6.16. The lowest BCUT2D eigenvalue weighted by atomic mass is 10.2. The smallest absolute Gasteiger partial charge is 0.282 e. The van der Waals surface area contributed by atoms with Crippen molar-refractivity contribution in [3.63, 3.8) is 0 Å². The number of aliphatic hydroxyl groups is 2. The minimum atomic E-state index is -0.772. The molecule has 2 aromatic rings. The number of hydrogen-bond donors (Lipinski definition) is 3. The zero-order valence-corrected chi connectivity index (χ0v) is 10.8. The van der Waals surface area contributed by atoms with E-state index in [9.17, 15) is 9.90 Å². The van der Waals surface area contributed by atoms with Crippen molar-refractivity contribution >= 4 is 17.1 Å². The average Bonchev–Trinajstić information content (AvgIpc) is 2.99. The van der Waals surface area contributed by atoms with E-state index in [1.807, 2.05) is 0 Å². The van der Waals surface area contributed by atoms with E-state index >= 15 is 0 Å². The second-order valence-corrected chi connectivity index (χ2v) is 4.77. The van der Waals surface area contributed by atoms with Crippen LogP contribution in [0.25, 0.3) is 11.2 Å². The molecular weight excluding hydrogens is 266 g/mol. The molecule has 0 aromatic carbocycles. The van der Waals surface area contributed by atoms with Crippen molar-refractivity contribution in [1.82, 2.24) is 19.1 Å². The van der Waals surface area contributed by atoms with Gasteiger partial charge in [0.15, 0.2) is 11.2 Å². The standard InChI is InChI=1S/C11H15N5O4/c1-15-10(19)8-9(14-11(15)12)16(4-13-8)7-2-5(18)6(3-17)20-7/h4-7,17-18H,2-3H2,1H3,(H2,12,14)/t5-,6-,7-/m0/s1. The highest BCUT2D eigenvalue weighted by Gasteiger charge is 2.35. The highest BCUT2D eigenvalue weighted by molar-refractivity contribution is 5.70. The van der Waals surface area contributed by atoms with Crippen LogP contribution in [0.1, 0.15) is 12.6 Å². The van der Waals surface area contributed by atoms with E-state index in [0.29, 0.717) is 5.65 Å². The van der Waals surface area contributed by atoms with Crippen molar-refractivity contribution in [2.75, 3.05) is 12.3 Å². The second-order valence-electron chi connectivity index (χ2n) is 4.77. The fraction of sp³-hybridized carbons (Fsp3) is 0.545. The van der Waals surface area contributed by atoms with Crippen LogP contribution in [-0.2, 0) is 11.8 Å². The lowest BCUT2D eigenvalue weighted by Gasteiger charge is -2.13. The first-order chi connectivity index (χ1) is 9.52. The van der Waals surface area contributed by atoms with Crippen LogP contribution in [0.15, 0.2) is 11.1 Å². The summed E-state index contributed by atoms with van der Waals surface area (Å²) < 4.78 is 8.28. The summed E-state index contributed by atoms with van der Waals surface area (Å²) in [5.41, 5.74) is 5.82. The van der Waals surface area contributed by atoms with Crippen molar-refractivity contribution in [2.45, 2.75) is 24.9 Å². The first kappa shape index (κ1) is 13.0. The number of rotatable bonds is 2. The van der Waals surface area contributed by atoms with E-state index in [1.54, 1.807) is 4.57 Å². The van der Waals surface area contributed by atoms with Gasteiger partial charge in [-0.1, -0.05) is 0 Å². The Bertz CT molecular complexity index is 709. The third kappa shape index (κ3) is 1.79. The maximum absolute atomic E-state index is 12.0. The monoisotopic (exact) mass is 281 g/mol. The van der Waals surface area contributed by atoms with Gasteiger partial charge in [0.1, 0.15) is 12.3 Å². The fourth-order valence-corrected chi connectivity index (χ4v) is 2.32. The number of ether oxygens (including phenoxy) is 1. The number of imidazole rings is 1. The van der Waals surface area contributed by atoms with E-state index in [-0.39, 0.29) is 30.1 Å². The van der Waals surface area contributed by atoms with Gasteiger partial charge in [-0.25, -0.2) is 4.98 Å². The summed E-state index contributed by atoms with van der Waals surface area (Å²) >= 11 is 0. The fourth-order valence-electron chi connectivity index (χ4n) is 2.32. The van der Waals surface area contributed by atoms with Crippen molar-refractivity contribution in [3.05, 3.63) is 16.7 Å².